The van der Waals surface area contributed by atoms with Gasteiger partial charge < -0.3 is 0 Å². The SMILES string of the molecule is [SiH3][SiH2][Si]([SiH3])([Si]([SiH3])([SiH3])[SiH3])[Si]([Si]([SiH3])([SiH3])[SiH3])([Si]([SiH3])([SiH3])[SiH3])[Si]([Si]([Si]([Si]([SiH3])([SiH3])[SiH3])([Si]([SiH3])([SiH3])[SiH3])[Si]([SiH3])([SiH3])[SiH3])([Si]([Si]([SiH3])([SiH3])[SiH3])([Si]([SiH3])([SiH3])[SiH3])[Si]([SiH3])([SiH3])[SiH3])[Si]([Si]([SiH3])([SiH3])[SiH3])([Si]([SiH3])([SiH3])[SiH3])[Si]([SiH3])([SiH3])[SiH3])([Si]([Si]([Si]([SiH3])([SiH3])[SiH3])([Si]([SiH3])([SiH3])[SiH3])[Si]([SiH3])([SiH3])[SiH3])([Si]([Si]([SiH3])([SiH3])[SiH3])([Si]([SiH3])([SiH3])[SiH3])[Si]([SiH3])([SiH3])[SiH3])[Si]([Si]([SiH3])([SiH3])[SiH3])([Si]([SiH3])([SiH3])[SiH3])[Si]([SiH3])([SiH3])[SiH3])[Si]([Si]([Si]([SiH3])([SiH3])[SiH3])([Si]([SiH3])([SiH3])[SiH3])[Si]([SiH3])([SiH3])[SiH3])([Si]([Si]([SiH3])([SiH3])[SiH3])([Si]([SiH3])([SiH3])[SiH3])[Si]([SiH3])([SiH3])[SiH3])[Si]([Si]([SiH3])([SiH3])[SiH3])([Si]([SiH3])([SiH3])[SiH3])[Si]([SiH3])([SiH3])[SiH3]. The molecule has 0 aliphatic carbocycles. The van der Waals surface area contributed by atoms with Gasteiger partial charge in [-0.2, -0.15) is 0 Å². The van der Waals surface area contributed by atoms with E-state index in [1.807, 2.05) is 0 Å². The van der Waals surface area contributed by atoms with E-state index in [0.717, 1.165) is 0 Å². The van der Waals surface area contributed by atoms with Crippen molar-refractivity contribution in [1.82, 2.24) is 0 Å². The third-order valence-corrected chi connectivity index (χ3v) is 3490. The van der Waals surface area contributed by atoms with Gasteiger partial charge in [0.05, 0.1) is 0 Å². The smallest absolute Gasteiger partial charge is 0.0000403 e. The van der Waals surface area contributed by atoms with Crippen molar-refractivity contribution in [1.29, 1.82) is 0 Å². The second kappa shape index (κ2) is 50.8. The van der Waals surface area contributed by atoms with Gasteiger partial charge in [-0.15, -0.1) is 0 Å². The first-order valence-electron chi connectivity index (χ1n) is 57.6. The molecule has 0 heterocycles. The summed E-state index contributed by atoms with van der Waals surface area (Å²) in [6.45, 7) is 0. The van der Waals surface area contributed by atoms with Crippen LogP contribution in [0, 0.1) is 0 Å². The molecule has 0 N–H and O–H groups in total. The maximum Gasteiger partial charge on any atom is -0.0000403 e. The van der Waals surface area contributed by atoms with Crippen LogP contribution in [0.3, 0.4) is 0 Å². The van der Waals surface area contributed by atoms with Crippen molar-refractivity contribution in [2.24, 2.45) is 0 Å². The van der Waals surface area contributed by atoms with E-state index in [9.17, 15) is 0 Å². The summed E-state index contributed by atoms with van der Waals surface area (Å²) in [7, 11) is 231. The highest BCUT2D eigenvalue weighted by molar-refractivity contribution is 8.89. The Morgan fingerprint density at radius 1 is 0.0652 bits per heavy atom. The maximum absolute atomic E-state index is 2.69. The quantitative estimate of drug-likeness (QED) is 0.0533. The Balaban J connectivity index is 24.4. The Kier molecular flexibility index (Phi) is 61.8. The summed E-state index contributed by atoms with van der Waals surface area (Å²) in [6, 6.07) is 0. The summed E-state index contributed by atoms with van der Waals surface area (Å²) in [4.78, 5) is 0. The molecule has 1 unspecified atom stereocenters. The van der Waals surface area contributed by atoms with E-state index < -0.39 is 276 Å². The summed E-state index contributed by atoms with van der Waals surface area (Å²) in [6.07, 6.45) is -65.7. The Bertz CT molecular complexity index is 2990. The van der Waals surface area contributed by atoms with Crippen molar-refractivity contribution in [3.8, 4) is 0 Å². The molecule has 0 aromatic heterocycles. The second-order valence-corrected chi connectivity index (χ2v) is 2150. The van der Waals surface area contributed by atoms with Crippen molar-refractivity contribution >= 4 is 1180 Å². The molecule has 0 nitrogen and oxygen atoms in total. The average Bonchev–Trinajstić information content (AvgIpc) is 0.555. The highest BCUT2D eigenvalue weighted by Crippen LogP contribution is 2.75. The fourth-order valence-corrected chi connectivity index (χ4v) is 14100. The summed E-state index contributed by atoms with van der Waals surface area (Å²) in [5.74, 6) is 0. The highest BCUT2D eigenvalue weighted by Gasteiger charge is 3.13. The van der Waals surface area contributed by atoms with Crippen LogP contribution in [-0.2, 0) is 0 Å². The van der Waals surface area contributed by atoms with Gasteiger partial charge in [0.15, 0.2) is 0 Å². The largest absolute Gasteiger partial charge is 0.0119 e. The van der Waals surface area contributed by atoms with E-state index in [2.05, 4.69) is 898 Å². The maximum atomic E-state index is 2.69. The van der Waals surface area contributed by atoms with Gasteiger partial charge in [-0.1, -0.05) is 0 Å². The lowest BCUT2D eigenvalue weighted by molar-refractivity contribution is 2.69. The van der Waals surface area contributed by atoms with Crippen LogP contribution in [0.1, 0.15) is 0 Å². The van der Waals surface area contributed by atoms with Crippen molar-refractivity contribution in [2.45, 2.75) is 0 Å². The van der Waals surface area contributed by atoms with Crippen molar-refractivity contribution < 1.29 is 0 Å². The van der Waals surface area contributed by atoms with Crippen LogP contribution in [0.15, 0.2) is 0 Å². The van der Waals surface area contributed by atoms with Gasteiger partial charge in [-0.05, 0) is 1180 Å². The molecule has 0 rings (SSSR count). The lowest BCUT2D eigenvalue weighted by Gasteiger charge is -3.07. The Morgan fingerprint density at radius 2 is 0.116 bits per heavy atom. The standard InChI is InChI=1S/H278Si138/c1-93-124(92,94(2,3)4)134(122(86,87)88,123(89,90)91)138(135(125(95(5,6)7,96(8,9)10)97(11,12)13,126(98(14,15)16,99(17,18)19)100(20,21)22)127(101(23,24)25,102(26,27)28)103(29,30)31,136(128(104(32,33)34,105(35,36)37)106(38,39)40,129(107(41,42)43,108(44,45)46)109(47,48)49)130(110(50,51)52,111(53,54)55)112(56,57)58)137(131(113(59,60)61,114(62,63)64)115(65,66)67,132(116(68,69)70,117(71,72)73)118(74,75)76)133(119(77,78)79,120(80,81)82)121(83,84)85/h93H2,1-92H3. The summed E-state index contributed by atoms with van der Waals surface area (Å²) >= 11 is 0. The number of hydrogen-bond donors (Lipinski definition) is 0. The van der Waals surface area contributed by atoms with Gasteiger partial charge >= 0.3 is 0 Å². The zero-order valence-corrected chi connectivity index (χ0v) is 346. The minimum absolute atomic E-state index is 0.313. The Hall–Kier alpha value is 29.9. The summed E-state index contributed by atoms with van der Waals surface area (Å²) < 4.78 is 0. The van der Waals surface area contributed by atoms with Crippen LogP contribution in [-0.4, -0.2) is 1180 Å². The van der Waals surface area contributed by atoms with Gasteiger partial charge in [0.25, 0.3) is 0 Å². The van der Waals surface area contributed by atoms with Crippen LogP contribution in [0.25, 0.3) is 0 Å². The topological polar surface area (TPSA) is 0 Å². The molecule has 0 spiro atoms. The monoisotopic (exact) mass is 4140 g/mol. The molecule has 0 aliphatic heterocycles. The van der Waals surface area contributed by atoms with Gasteiger partial charge in [0.2, 0.25) is 0 Å². The van der Waals surface area contributed by atoms with Crippen molar-refractivity contribution in [3.63, 3.8) is 0 Å². The van der Waals surface area contributed by atoms with Crippen LogP contribution in [0.2, 0.25) is 0 Å². The van der Waals surface area contributed by atoms with Gasteiger partial charge in [-0.25, -0.2) is 0 Å². The molecule has 0 radical (unpaired) electrons. The van der Waals surface area contributed by atoms with E-state index in [1.54, 1.807) is 0 Å². The third-order valence-electron chi connectivity index (χ3n) is 43.1. The predicted molar refractivity (Wildman–Crippen MR) is 1180 cm³/mol. The van der Waals surface area contributed by atoms with Crippen LogP contribution in [0.4, 0.5) is 0 Å². The lowest BCUT2D eigenvalue weighted by Crippen LogP contribution is -3.45. The van der Waals surface area contributed by atoms with Crippen molar-refractivity contribution in [2.75, 3.05) is 0 Å². The van der Waals surface area contributed by atoms with Gasteiger partial charge in [0, 0.05) is 0 Å². The molecule has 1 atom stereocenters. The summed E-state index contributed by atoms with van der Waals surface area (Å²) in [5.41, 5.74) is 0. The van der Waals surface area contributed by atoms with E-state index in [-0.39, 0.29) is 0 Å². The van der Waals surface area contributed by atoms with E-state index >= 15 is 0 Å². The first-order chi connectivity index (χ1) is 57.6. The molecular formula is H278Si138. The zero-order valence-electron chi connectivity index (χ0n) is 115. The molecule has 0 fully saturated rings. The van der Waals surface area contributed by atoms with Gasteiger partial charge in [0.1, 0.15) is 0 Å². The molecule has 0 amide bonds. The lowest BCUT2D eigenvalue weighted by atomic mass is 25.0. The molecule has 0 bridgehead atoms. The third kappa shape index (κ3) is 24.5. The Morgan fingerprint density at radius 3 is 0.152 bits per heavy atom. The normalized spacial score (nSPS) is 35.5. The molecule has 0 saturated carbocycles. The molecule has 830 valence electrons. The molecule has 138 heavy (non-hydrogen) atoms. The first-order valence-corrected chi connectivity index (χ1v) is 518. The van der Waals surface area contributed by atoms with E-state index in [4.69, 9.17) is 0 Å². The molecule has 138 heteroatoms. The fourth-order valence-electron chi connectivity index (χ4n) is 58.0. The van der Waals surface area contributed by atoms with Crippen LogP contribution >= 0.6 is 0 Å². The van der Waals surface area contributed by atoms with E-state index in [0.29, 0.717) is 8.55 Å². The summed E-state index contributed by atoms with van der Waals surface area (Å²) in [5, 5.41) is 0. The first kappa shape index (κ1) is 168. The molecule has 0 saturated heterocycles. The Labute approximate surface area is 1160 Å². The van der Waals surface area contributed by atoms with E-state index in [1.165, 1.54) is 0 Å². The van der Waals surface area contributed by atoms with Gasteiger partial charge in [-0.3, -0.25) is 0 Å². The molecule has 0 aliphatic rings. The van der Waals surface area contributed by atoms with Crippen LogP contribution < -0.4 is 0 Å². The van der Waals surface area contributed by atoms with Crippen LogP contribution in [0.5, 0.6) is 0 Å². The number of hydrogen-bond acceptors (Lipinski definition) is 0. The average molecular weight is 4160 g/mol. The highest BCUT2D eigenvalue weighted by atomic mass is 31.2. The molecule has 0 aromatic carbocycles. The molecule has 0 aromatic rings. The number of rotatable bonds is 45. The van der Waals surface area contributed by atoms with Crippen molar-refractivity contribution in [3.05, 3.63) is 0 Å². The minimum atomic E-state index is -2.20. The minimum Gasteiger partial charge on any atom is -0.0119 e. The zero-order chi connectivity index (χ0) is 115. The fraction of sp³-hybridized carbons (Fsp3) is 0. The second-order valence-electron chi connectivity index (χ2n) is 79.7. The predicted octanol–water partition coefficient (Wildman–Crippen LogP) is -127. The molecular weight excluding hydrogens is 3880 g/mol.